The average Bonchev–Trinajstić information content (AvgIpc) is 3.70. The number of hydrogen-bond acceptors (Lipinski definition) is 5. The number of amides is 2. The van der Waals surface area contributed by atoms with Crippen LogP contribution in [0.2, 0.25) is 0 Å². The molecule has 2 aliphatic rings. The quantitative estimate of drug-likeness (QED) is 0.671. The first kappa shape index (κ1) is 26.1. The summed E-state index contributed by atoms with van der Waals surface area (Å²) in [4.78, 5) is 29.6. The Balaban J connectivity index is 1.62. The van der Waals surface area contributed by atoms with Crippen LogP contribution in [0.3, 0.4) is 0 Å². The van der Waals surface area contributed by atoms with Crippen molar-refractivity contribution in [1.29, 1.82) is 0 Å². The second-order valence-corrected chi connectivity index (χ2v) is 10.1. The highest BCUT2D eigenvalue weighted by Gasteiger charge is 2.31. The maximum Gasteiger partial charge on any atom is 0.257 e. The predicted octanol–water partition coefficient (Wildman–Crippen LogP) is 4.18. The van der Waals surface area contributed by atoms with E-state index in [2.05, 4.69) is 24.1 Å². The van der Waals surface area contributed by atoms with E-state index in [1.165, 1.54) is 6.07 Å². The fourth-order valence-electron chi connectivity index (χ4n) is 4.61. The molecule has 4 rings (SSSR count). The molecule has 2 aromatic rings. The minimum absolute atomic E-state index is 0.0115. The number of fused-ring (bicyclic) bond motifs is 1. The summed E-state index contributed by atoms with van der Waals surface area (Å²) in [6.07, 6.45) is 1.62. The molecule has 0 saturated heterocycles. The van der Waals surface area contributed by atoms with Crippen LogP contribution in [0.1, 0.15) is 42.6 Å². The van der Waals surface area contributed by atoms with Gasteiger partial charge < -0.3 is 19.7 Å². The van der Waals surface area contributed by atoms with Crippen molar-refractivity contribution in [3.63, 3.8) is 0 Å². The Bertz CT molecular complexity index is 1090. The summed E-state index contributed by atoms with van der Waals surface area (Å²) in [5, 5.41) is 2.92. The number of nitrogens with zero attached hydrogens (tertiary/aromatic N) is 2. The van der Waals surface area contributed by atoms with E-state index >= 15 is 0 Å². The second-order valence-electron chi connectivity index (χ2n) is 10.1. The van der Waals surface area contributed by atoms with Crippen LogP contribution in [0.25, 0.3) is 0 Å². The van der Waals surface area contributed by atoms with E-state index in [-0.39, 0.29) is 41.6 Å². The molecular formula is C28H36FN3O4. The number of carbonyl (C=O) groups excluding carboxylic acids is 2. The standard InChI is InChI=1S/C28H36FN3O4/c1-18-14-32(15-20-6-5-7-22(29)12-20)19(2)17-36-25-11-10-23(30-27(33)21-8-9-21)13-24(25)28(34)31(3)16-26(18)35-4/h5-7,10-13,18-19,21,26H,8-9,14-17H2,1-4H3,(H,30,33)/t18-,19-,26-/m1/s1. The summed E-state index contributed by atoms with van der Waals surface area (Å²) in [5.74, 6) is 0.175. The van der Waals surface area contributed by atoms with Crippen LogP contribution >= 0.6 is 0 Å². The molecule has 1 saturated carbocycles. The Morgan fingerprint density at radius 2 is 1.94 bits per heavy atom. The second kappa shape index (κ2) is 11.4. The Morgan fingerprint density at radius 3 is 2.64 bits per heavy atom. The highest BCUT2D eigenvalue weighted by molar-refractivity contribution is 6.00. The zero-order valence-electron chi connectivity index (χ0n) is 21.5. The van der Waals surface area contributed by atoms with Gasteiger partial charge in [-0.25, -0.2) is 4.39 Å². The van der Waals surface area contributed by atoms with E-state index in [1.54, 1.807) is 49.4 Å². The largest absolute Gasteiger partial charge is 0.491 e. The molecule has 7 nitrogen and oxygen atoms in total. The molecule has 8 heteroatoms. The number of ether oxygens (including phenoxy) is 2. The van der Waals surface area contributed by atoms with E-state index in [4.69, 9.17) is 9.47 Å². The summed E-state index contributed by atoms with van der Waals surface area (Å²) >= 11 is 0. The topological polar surface area (TPSA) is 71.1 Å². The molecule has 0 unspecified atom stereocenters. The van der Waals surface area contributed by atoms with Gasteiger partial charge in [-0.2, -0.15) is 0 Å². The van der Waals surface area contributed by atoms with Crippen molar-refractivity contribution in [1.82, 2.24) is 9.80 Å². The van der Waals surface area contributed by atoms with E-state index in [9.17, 15) is 14.0 Å². The van der Waals surface area contributed by atoms with E-state index in [0.717, 1.165) is 18.4 Å². The van der Waals surface area contributed by atoms with Gasteiger partial charge in [-0.05, 0) is 61.6 Å². The summed E-state index contributed by atoms with van der Waals surface area (Å²) in [6.45, 7) is 6.17. The summed E-state index contributed by atoms with van der Waals surface area (Å²) < 4.78 is 25.8. The number of rotatable bonds is 5. The Hall–Kier alpha value is -2.97. The highest BCUT2D eigenvalue weighted by Crippen LogP contribution is 2.31. The lowest BCUT2D eigenvalue weighted by Crippen LogP contribution is -2.46. The zero-order chi connectivity index (χ0) is 25.8. The maximum absolute atomic E-state index is 13.9. The maximum atomic E-state index is 13.9. The minimum Gasteiger partial charge on any atom is -0.491 e. The van der Waals surface area contributed by atoms with Gasteiger partial charge >= 0.3 is 0 Å². The van der Waals surface area contributed by atoms with Gasteiger partial charge in [-0.1, -0.05) is 19.1 Å². The summed E-state index contributed by atoms with van der Waals surface area (Å²) in [7, 11) is 3.41. The van der Waals surface area contributed by atoms with Gasteiger partial charge in [0.2, 0.25) is 5.91 Å². The molecular weight excluding hydrogens is 461 g/mol. The third kappa shape index (κ3) is 6.42. The first-order chi connectivity index (χ1) is 17.2. The molecule has 2 aromatic carbocycles. The number of halogens is 1. The molecule has 36 heavy (non-hydrogen) atoms. The van der Waals surface area contributed by atoms with Crippen LogP contribution in [0.15, 0.2) is 42.5 Å². The van der Waals surface area contributed by atoms with Crippen LogP contribution < -0.4 is 10.1 Å². The lowest BCUT2D eigenvalue weighted by atomic mass is 10.0. The van der Waals surface area contributed by atoms with Crippen LogP contribution in [0.5, 0.6) is 5.75 Å². The third-order valence-corrected chi connectivity index (χ3v) is 7.06. The molecule has 0 aromatic heterocycles. The summed E-state index contributed by atoms with van der Waals surface area (Å²) in [6, 6.07) is 11.8. The number of likely N-dealkylation sites (N-methyl/N-ethyl adjacent to an activating group) is 1. The molecule has 0 spiro atoms. The molecule has 2 amide bonds. The molecule has 0 radical (unpaired) electrons. The van der Waals surface area contributed by atoms with Crippen molar-refractivity contribution in [3.05, 3.63) is 59.4 Å². The van der Waals surface area contributed by atoms with Gasteiger partial charge in [0.1, 0.15) is 18.2 Å². The van der Waals surface area contributed by atoms with Gasteiger partial charge in [0.15, 0.2) is 0 Å². The average molecular weight is 498 g/mol. The van der Waals surface area contributed by atoms with Gasteiger partial charge in [0.25, 0.3) is 5.91 Å². The van der Waals surface area contributed by atoms with E-state index < -0.39 is 0 Å². The van der Waals surface area contributed by atoms with E-state index in [0.29, 0.717) is 43.2 Å². The fourth-order valence-corrected chi connectivity index (χ4v) is 4.61. The van der Waals surface area contributed by atoms with Crippen molar-refractivity contribution < 1.29 is 23.5 Å². The Labute approximate surface area is 212 Å². The molecule has 1 heterocycles. The highest BCUT2D eigenvalue weighted by atomic mass is 19.1. The summed E-state index contributed by atoms with van der Waals surface area (Å²) in [5.41, 5.74) is 1.87. The van der Waals surface area contributed by atoms with Crippen LogP contribution in [0.4, 0.5) is 10.1 Å². The predicted molar refractivity (Wildman–Crippen MR) is 136 cm³/mol. The zero-order valence-corrected chi connectivity index (χ0v) is 21.5. The Morgan fingerprint density at radius 1 is 1.17 bits per heavy atom. The van der Waals surface area contributed by atoms with Gasteiger partial charge in [0.05, 0.1) is 11.7 Å². The lowest BCUT2D eigenvalue weighted by Gasteiger charge is -2.36. The van der Waals surface area contributed by atoms with Gasteiger partial charge in [-0.15, -0.1) is 0 Å². The van der Waals surface area contributed by atoms with Crippen LogP contribution in [0, 0.1) is 17.7 Å². The van der Waals surface area contributed by atoms with Crippen LogP contribution in [-0.2, 0) is 16.1 Å². The SMILES string of the molecule is CO[C@@H]1CN(C)C(=O)c2cc(NC(=O)C3CC3)ccc2OC[C@@H](C)N(Cc2cccc(F)c2)C[C@H]1C. The molecule has 1 N–H and O–H groups in total. The van der Waals surface area contributed by atoms with Crippen LogP contribution in [-0.4, -0.2) is 67.6 Å². The fraction of sp³-hybridized carbons (Fsp3) is 0.500. The van der Waals surface area contributed by atoms with E-state index in [1.807, 2.05) is 6.07 Å². The van der Waals surface area contributed by atoms with Crippen molar-refractivity contribution in [2.24, 2.45) is 11.8 Å². The molecule has 3 atom stereocenters. The number of hydrogen-bond donors (Lipinski definition) is 1. The third-order valence-electron chi connectivity index (χ3n) is 7.06. The van der Waals surface area contributed by atoms with Gasteiger partial charge in [0, 0.05) is 51.4 Å². The molecule has 1 aliphatic heterocycles. The first-order valence-electron chi connectivity index (χ1n) is 12.6. The number of anilines is 1. The van der Waals surface area contributed by atoms with Crippen molar-refractivity contribution in [2.45, 2.75) is 45.4 Å². The number of methoxy groups -OCH3 is 1. The monoisotopic (exact) mass is 497 g/mol. The number of carbonyl (C=O) groups is 2. The van der Waals surface area contributed by atoms with Crippen molar-refractivity contribution >= 4 is 17.5 Å². The number of benzene rings is 2. The smallest absolute Gasteiger partial charge is 0.257 e. The molecule has 194 valence electrons. The molecule has 0 bridgehead atoms. The normalized spacial score (nSPS) is 23.8. The molecule has 1 fully saturated rings. The lowest BCUT2D eigenvalue weighted by molar-refractivity contribution is -0.117. The van der Waals surface area contributed by atoms with Crippen molar-refractivity contribution in [2.75, 3.05) is 39.2 Å². The minimum atomic E-state index is -0.257. The van der Waals surface area contributed by atoms with Crippen molar-refractivity contribution in [3.8, 4) is 5.75 Å². The Kier molecular flexibility index (Phi) is 8.26. The molecule has 1 aliphatic carbocycles. The first-order valence-corrected chi connectivity index (χ1v) is 12.6. The van der Waals surface area contributed by atoms with Gasteiger partial charge in [-0.3, -0.25) is 14.5 Å². The number of nitrogens with one attached hydrogen (secondary N) is 1.